The zero-order valence-corrected chi connectivity index (χ0v) is 13.1. The van der Waals surface area contributed by atoms with E-state index in [9.17, 15) is 0 Å². The van der Waals surface area contributed by atoms with Gasteiger partial charge in [0.1, 0.15) is 13.6 Å². The van der Waals surface area contributed by atoms with Gasteiger partial charge in [0.25, 0.3) is 9.04 Å². The molecule has 17 heavy (non-hydrogen) atoms. The van der Waals surface area contributed by atoms with E-state index >= 15 is 0 Å². The molecule has 3 heteroatoms. The van der Waals surface area contributed by atoms with E-state index in [2.05, 4.69) is 53.8 Å². The summed E-state index contributed by atoms with van der Waals surface area (Å²) in [5.74, 6) is 1.000. The van der Waals surface area contributed by atoms with Gasteiger partial charge in [0.15, 0.2) is 0 Å². The Kier molecular flexibility index (Phi) is 4.13. The molecule has 0 aromatic heterocycles. The van der Waals surface area contributed by atoms with Crippen LogP contribution in [0.2, 0.25) is 13.1 Å². The van der Waals surface area contributed by atoms with Gasteiger partial charge in [0, 0.05) is 0 Å². The van der Waals surface area contributed by atoms with Crippen LogP contribution in [0.1, 0.15) is 37.5 Å². The zero-order chi connectivity index (χ0) is 13.4. The first-order valence-electron chi connectivity index (χ1n) is 6.02. The molecule has 1 nitrogen and oxygen atoms in total. The van der Waals surface area contributed by atoms with Crippen LogP contribution in [-0.2, 0) is 5.41 Å². The fourth-order valence-electron chi connectivity index (χ4n) is 1.87. The van der Waals surface area contributed by atoms with Crippen LogP contribution in [0, 0.1) is 13.8 Å². The van der Waals surface area contributed by atoms with Crippen LogP contribution in [0.3, 0.4) is 0 Å². The van der Waals surface area contributed by atoms with Crippen molar-refractivity contribution in [2.24, 2.45) is 0 Å². The van der Waals surface area contributed by atoms with Crippen LogP contribution < -0.4 is 9.89 Å². The van der Waals surface area contributed by atoms with Gasteiger partial charge >= 0.3 is 0 Å². The highest BCUT2D eigenvalue weighted by atomic mass is 28.3. The Morgan fingerprint density at radius 2 is 1.71 bits per heavy atom. The van der Waals surface area contributed by atoms with E-state index in [-0.39, 0.29) is 5.41 Å². The van der Waals surface area contributed by atoms with E-state index in [1.54, 1.807) is 0 Å². The van der Waals surface area contributed by atoms with E-state index < -0.39 is 9.04 Å². The van der Waals surface area contributed by atoms with Crippen LogP contribution in [0.25, 0.3) is 0 Å². The largest absolute Gasteiger partial charge is 0.542 e. The maximum atomic E-state index is 6.10. The van der Waals surface area contributed by atoms with Crippen molar-refractivity contribution in [1.82, 2.24) is 0 Å². The van der Waals surface area contributed by atoms with Gasteiger partial charge in [0.05, 0.1) is 0 Å². The Morgan fingerprint density at radius 1 is 1.18 bits per heavy atom. The normalized spacial score (nSPS) is 12.0. The number of hydrogen-bond donors (Lipinski definition) is 0. The molecule has 0 spiro atoms. The molecule has 0 aliphatic rings. The Labute approximate surface area is 109 Å². The van der Waals surface area contributed by atoms with Crippen LogP contribution >= 0.6 is 0 Å². The van der Waals surface area contributed by atoms with Crippen molar-refractivity contribution in [2.45, 2.75) is 53.1 Å². The Morgan fingerprint density at radius 3 is 2.12 bits per heavy atom. The van der Waals surface area contributed by atoms with Crippen molar-refractivity contribution in [3.8, 4) is 5.75 Å². The van der Waals surface area contributed by atoms with Crippen molar-refractivity contribution < 1.29 is 4.43 Å². The van der Waals surface area contributed by atoms with E-state index in [1.807, 2.05) is 0 Å². The maximum absolute atomic E-state index is 6.10. The monoisotopic (exact) mass is 245 g/mol. The number of hydrogen-bond acceptors (Lipinski definition) is 1. The van der Waals surface area contributed by atoms with Gasteiger partial charge in [0.2, 0.25) is 0 Å². The number of benzene rings is 1. The zero-order valence-electron chi connectivity index (χ0n) is 12.1. The first-order chi connectivity index (χ1) is 7.64. The molecular weight excluding hydrogens is 223 g/mol. The molecule has 0 amide bonds. The number of aryl methyl sites for hydroxylation is 1. The first kappa shape index (κ1) is 14.4. The minimum Gasteiger partial charge on any atom is -0.542 e. The lowest BCUT2D eigenvalue weighted by atomic mass is 9.78. The molecule has 0 aliphatic heterocycles. The second kappa shape index (κ2) is 4.89. The number of rotatable bonds is 2. The van der Waals surface area contributed by atoms with Crippen molar-refractivity contribution in [3.63, 3.8) is 0 Å². The Bertz CT molecular complexity index is 419. The molecule has 0 N–H and O–H groups in total. The van der Waals surface area contributed by atoms with Crippen LogP contribution in [-0.4, -0.2) is 16.9 Å². The Hall–Kier alpha value is -0.698. The molecule has 1 aromatic carbocycles. The van der Waals surface area contributed by atoms with Gasteiger partial charge in [-0.1, -0.05) is 37.9 Å². The van der Waals surface area contributed by atoms with E-state index in [0.717, 1.165) is 22.3 Å². The summed E-state index contributed by atoms with van der Waals surface area (Å²) in [4.78, 5) is 0. The molecule has 0 bridgehead atoms. The van der Waals surface area contributed by atoms with Gasteiger partial charge in [-0.2, -0.15) is 0 Å². The van der Waals surface area contributed by atoms with E-state index in [4.69, 9.17) is 12.3 Å². The lowest BCUT2D eigenvalue weighted by Gasteiger charge is -2.27. The van der Waals surface area contributed by atoms with Crippen LogP contribution in [0.4, 0.5) is 0 Å². The lowest BCUT2D eigenvalue weighted by molar-refractivity contribution is 0.517. The van der Waals surface area contributed by atoms with Gasteiger partial charge in [-0.15, -0.1) is 0 Å². The third-order valence-corrected chi connectivity index (χ3v) is 3.50. The smallest absolute Gasteiger partial charge is 0.274 e. The van der Waals surface area contributed by atoms with Crippen molar-refractivity contribution >= 4 is 22.3 Å². The molecule has 0 heterocycles. The highest BCUT2D eigenvalue weighted by Crippen LogP contribution is 2.34. The average Bonchev–Trinajstić information content (AvgIpc) is 2.16. The molecule has 1 rings (SSSR count). The molecule has 0 saturated carbocycles. The molecule has 0 saturated heterocycles. The first-order valence-corrected chi connectivity index (χ1v) is 8.43. The summed E-state index contributed by atoms with van der Waals surface area (Å²) in [5.41, 5.74) is 4.42. The second-order valence-corrected chi connectivity index (χ2v) is 7.89. The summed E-state index contributed by atoms with van der Waals surface area (Å²) in [7, 11) is 5.33. The van der Waals surface area contributed by atoms with E-state index in [0.29, 0.717) is 0 Å². The van der Waals surface area contributed by atoms with Crippen molar-refractivity contribution in [2.75, 3.05) is 0 Å². The van der Waals surface area contributed by atoms with Crippen molar-refractivity contribution in [1.29, 1.82) is 0 Å². The molecule has 0 fully saturated rings. The molecular formula is C14H22BOSi. The summed E-state index contributed by atoms with van der Waals surface area (Å²) in [6, 6.07) is 2.17. The highest BCUT2D eigenvalue weighted by molar-refractivity contribution is 6.49. The topological polar surface area (TPSA) is 9.23 Å². The molecule has 0 atom stereocenters. The fourth-order valence-corrected chi connectivity index (χ4v) is 2.54. The standard InChI is InChI=1S/C14H22BOSi/c1-9-8-11(14(3,4)5)13(16-17(6)7)10(2)12(9)15/h8H,1-7H3. The second-order valence-electron chi connectivity index (χ2n) is 5.87. The summed E-state index contributed by atoms with van der Waals surface area (Å²) in [6.07, 6.45) is 0. The third kappa shape index (κ3) is 3.15. The summed E-state index contributed by atoms with van der Waals surface area (Å²) in [6.45, 7) is 15.0. The predicted molar refractivity (Wildman–Crippen MR) is 78.1 cm³/mol. The third-order valence-electron chi connectivity index (χ3n) is 2.89. The Balaban J connectivity index is 3.47. The summed E-state index contributed by atoms with van der Waals surface area (Å²) in [5, 5.41) is 0. The minimum absolute atomic E-state index is 0.0792. The van der Waals surface area contributed by atoms with Crippen LogP contribution in [0.15, 0.2) is 6.07 Å². The molecule has 91 valence electrons. The molecule has 1 aromatic rings. The maximum Gasteiger partial charge on any atom is 0.274 e. The minimum atomic E-state index is -0.775. The fraction of sp³-hybridized carbons (Fsp3) is 0.571. The summed E-state index contributed by atoms with van der Waals surface area (Å²) >= 11 is 0. The molecule has 0 aliphatic carbocycles. The van der Waals surface area contributed by atoms with Gasteiger partial charge in [-0.25, -0.2) is 0 Å². The highest BCUT2D eigenvalue weighted by Gasteiger charge is 2.22. The molecule has 0 unspecified atom stereocenters. The average molecular weight is 245 g/mol. The van der Waals surface area contributed by atoms with Gasteiger partial charge in [-0.3, -0.25) is 0 Å². The van der Waals surface area contributed by atoms with Crippen molar-refractivity contribution in [3.05, 3.63) is 22.8 Å². The summed E-state index contributed by atoms with van der Waals surface area (Å²) < 4.78 is 6.06. The van der Waals surface area contributed by atoms with Crippen LogP contribution in [0.5, 0.6) is 5.75 Å². The SMILES string of the molecule is [B]c1c(C)cc(C(C)(C)C)c(O[Si](C)C)c1C. The van der Waals surface area contributed by atoms with E-state index in [1.165, 1.54) is 5.56 Å². The quantitative estimate of drug-likeness (QED) is 0.728. The predicted octanol–water partition coefficient (Wildman–Crippen LogP) is 3.02. The van der Waals surface area contributed by atoms with Gasteiger partial charge < -0.3 is 4.43 Å². The lowest BCUT2D eigenvalue weighted by Crippen LogP contribution is -2.24. The van der Waals surface area contributed by atoms with Gasteiger partial charge in [-0.05, 0) is 43.5 Å². The molecule has 3 radical (unpaired) electrons.